The first kappa shape index (κ1) is 12.3. The van der Waals surface area contributed by atoms with Gasteiger partial charge in [0.2, 0.25) is 5.91 Å². The number of nitrogens with one attached hydrogen (secondary N) is 1. The Morgan fingerprint density at radius 2 is 2.00 bits per heavy atom. The van der Waals surface area contributed by atoms with Gasteiger partial charge in [0, 0.05) is 12.0 Å². The minimum atomic E-state index is 0.0268. The molecule has 0 aromatic carbocycles. The molecule has 0 atom stereocenters. The minimum Gasteiger partial charge on any atom is -0.351 e. The summed E-state index contributed by atoms with van der Waals surface area (Å²) in [7, 11) is 0. The summed E-state index contributed by atoms with van der Waals surface area (Å²) in [5, 5.41) is 3.14. The van der Waals surface area contributed by atoms with Crippen LogP contribution in [0.25, 0.3) is 0 Å². The molecule has 1 saturated carbocycles. The summed E-state index contributed by atoms with van der Waals surface area (Å²) in [4.78, 5) is 11.4. The van der Waals surface area contributed by atoms with Gasteiger partial charge in [0.05, 0.1) is 0 Å². The Hall–Kier alpha value is -0.790. The summed E-state index contributed by atoms with van der Waals surface area (Å²) in [6.45, 7) is 10.2. The van der Waals surface area contributed by atoms with Crippen LogP contribution < -0.4 is 5.32 Å². The van der Waals surface area contributed by atoms with Crippen molar-refractivity contribution in [1.29, 1.82) is 0 Å². The highest BCUT2D eigenvalue weighted by atomic mass is 16.1. The molecule has 0 aliphatic heterocycles. The first-order chi connectivity index (χ1) is 6.97. The van der Waals surface area contributed by atoms with Crippen LogP contribution >= 0.6 is 0 Å². The van der Waals surface area contributed by atoms with Crippen LogP contribution in [0.15, 0.2) is 12.2 Å². The molecule has 2 heteroatoms. The van der Waals surface area contributed by atoms with Crippen LogP contribution in [0, 0.1) is 5.92 Å². The number of hydrogen-bond donors (Lipinski definition) is 1. The zero-order valence-corrected chi connectivity index (χ0v) is 10.2. The van der Waals surface area contributed by atoms with Gasteiger partial charge in [-0.2, -0.15) is 0 Å². The average molecular weight is 209 g/mol. The lowest BCUT2D eigenvalue weighted by Gasteiger charge is -2.38. The molecular formula is C13H23NO. The van der Waals surface area contributed by atoms with Crippen molar-refractivity contribution in [3.05, 3.63) is 12.2 Å². The molecule has 1 aliphatic rings. The summed E-state index contributed by atoms with van der Waals surface area (Å²) in [6.07, 6.45) is 5.07. The second-order valence-electron chi connectivity index (χ2n) is 5.08. The number of hydrogen-bond acceptors (Lipinski definition) is 1. The SMILES string of the molecule is C=C(C)C1CCC(C)(NC(=O)CC)CC1. The van der Waals surface area contributed by atoms with Gasteiger partial charge in [-0.05, 0) is 45.4 Å². The molecule has 0 spiro atoms. The van der Waals surface area contributed by atoms with E-state index in [0.29, 0.717) is 12.3 Å². The maximum absolute atomic E-state index is 11.4. The van der Waals surface area contributed by atoms with E-state index in [1.165, 1.54) is 5.57 Å². The molecule has 0 unspecified atom stereocenters. The lowest BCUT2D eigenvalue weighted by Crippen LogP contribution is -2.48. The average Bonchev–Trinajstić information content (AvgIpc) is 2.17. The Kier molecular flexibility index (Phi) is 3.95. The summed E-state index contributed by atoms with van der Waals surface area (Å²) < 4.78 is 0. The molecule has 0 aromatic rings. The largest absolute Gasteiger partial charge is 0.351 e. The summed E-state index contributed by atoms with van der Waals surface area (Å²) in [5.74, 6) is 0.836. The summed E-state index contributed by atoms with van der Waals surface area (Å²) >= 11 is 0. The van der Waals surface area contributed by atoms with Gasteiger partial charge in [-0.1, -0.05) is 19.1 Å². The highest BCUT2D eigenvalue weighted by Gasteiger charge is 2.31. The first-order valence-corrected chi connectivity index (χ1v) is 5.93. The van der Waals surface area contributed by atoms with Crippen molar-refractivity contribution in [1.82, 2.24) is 5.32 Å². The number of amides is 1. The van der Waals surface area contributed by atoms with Gasteiger partial charge in [0.1, 0.15) is 0 Å². The van der Waals surface area contributed by atoms with Crippen molar-refractivity contribution in [2.24, 2.45) is 5.92 Å². The van der Waals surface area contributed by atoms with E-state index in [0.717, 1.165) is 25.7 Å². The molecule has 1 fully saturated rings. The van der Waals surface area contributed by atoms with Crippen LogP contribution in [-0.2, 0) is 4.79 Å². The summed E-state index contributed by atoms with van der Waals surface area (Å²) in [5.41, 5.74) is 1.32. The van der Waals surface area contributed by atoms with Gasteiger partial charge in [-0.3, -0.25) is 4.79 Å². The number of allylic oxidation sites excluding steroid dienone is 1. The van der Waals surface area contributed by atoms with E-state index in [9.17, 15) is 4.79 Å². The fraction of sp³-hybridized carbons (Fsp3) is 0.769. The molecule has 1 rings (SSSR count). The maximum Gasteiger partial charge on any atom is 0.220 e. The van der Waals surface area contributed by atoms with Crippen LogP contribution in [0.3, 0.4) is 0 Å². The van der Waals surface area contributed by atoms with Crippen LogP contribution in [0.1, 0.15) is 52.9 Å². The van der Waals surface area contributed by atoms with E-state index in [1.54, 1.807) is 0 Å². The van der Waals surface area contributed by atoms with Gasteiger partial charge in [-0.25, -0.2) is 0 Å². The number of carbonyl (C=O) groups excluding carboxylic acids is 1. The standard InChI is InChI=1S/C13H23NO/c1-5-12(15)14-13(4)8-6-11(7-9-13)10(2)3/h11H,2,5-9H2,1,3-4H3,(H,14,15). The first-order valence-electron chi connectivity index (χ1n) is 5.93. The quantitative estimate of drug-likeness (QED) is 0.711. The minimum absolute atomic E-state index is 0.0268. The molecule has 0 saturated heterocycles. The molecule has 0 radical (unpaired) electrons. The highest BCUT2D eigenvalue weighted by molar-refractivity contribution is 5.76. The fourth-order valence-corrected chi connectivity index (χ4v) is 2.30. The van der Waals surface area contributed by atoms with Crippen LogP contribution in [0.2, 0.25) is 0 Å². The lowest BCUT2D eigenvalue weighted by atomic mass is 9.75. The van der Waals surface area contributed by atoms with Crippen LogP contribution in [-0.4, -0.2) is 11.4 Å². The fourth-order valence-electron chi connectivity index (χ4n) is 2.30. The van der Waals surface area contributed by atoms with E-state index in [2.05, 4.69) is 25.7 Å². The third-order valence-electron chi connectivity index (χ3n) is 3.55. The Bertz CT molecular complexity index is 249. The monoisotopic (exact) mass is 209 g/mol. The predicted octanol–water partition coefficient (Wildman–Crippen LogP) is 3.04. The second kappa shape index (κ2) is 4.82. The van der Waals surface area contributed by atoms with E-state index in [4.69, 9.17) is 0 Å². The van der Waals surface area contributed by atoms with Crippen molar-refractivity contribution in [3.8, 4) is 0 Å². The van der Waals surface area contributed by atoms with Gasteiger partial charge in [-0.15, -0.1) is 0 Å². The Morgan fingerprint density at radius 1 is 1.47 bits per heavy atom. The third-order valence-corrected chi connectivity index (χ3v) is 3.55. The normalized spacial score (nSPS) is 31.0. The van der Waals surface area contributed by atoms with Crippen molar-refractivity contribution in [2.75, 3.05) is 0 Å². The maximum atomic E-state index is 11.4. The Labute approximate surface area is 93.1 Å². The Morgan fingerprint density at radius 3 is 2.40 bits per heavy atom. The highest BCUT2D eigenvalue weighted by Crippen LogP contribution is 2.34. The van der Waals surface area contributed by atoms with Crippen LogP contribution in [0.4, 0.5) is 0 Å². The molecule has 0 bridgehead atoms. The molecule has 2 nitrogen and oxygen atoms in total. The number of carbonyl (C=O) groups is 1. The topological polar surface area (TPSA) is 29.1 Å². The van der Waals surface area contributed by atoms with E-state index in [1.807, 2.05) is 6.92 Å². The molecule has 1 aliphatic carbocycles. The molecule has 15 heavy (non-hydrogen) atoms. The smallest absolute Gasteiger partial charge is 0.220 e. The second-order valence-corrected chi connectivity index (χ2v) is 5.08. The zero-order valence-electron chi connectivity index (χ0n) is 10.2. The molecule has 1 amide bonds. The molecular weight excluding hydrogens is 186 g/mol. The van der Waals surface area contributed by atoms with Gasteiger partial charge in [0.25, 0.3) is 0 Å². The summed E-state index contributed by atoms with van der Waals surface area (Å²) in [6, 6.07) is 0. The Balaban J connectivity index is 2.47. The van der Waals surface area contributed by atoms with Crippen molar-refractivity contribution in [2.45, 2.75) is 58.4 Å². The van der Waals surface area contributed by atoms with E-state index >= 15 is 0 Å². The van der Waals surface area contributed by atoms with Crippen molar-refractivity contribution in [3.63, 3.8) is 0 Å². The zero-order chi connectivity index (χ0) is 11.5. The predicted molar refractivity (Wildman–Crippen MR) is 63.6 cm³/mol. The van der Waals surface area contributed by atoms with Crippen molar-refractivity contribution < 1.29 is 4.79 Å². The van der Waals surface area contributed by atoms with Crippen molar-refractivity contribution >= 4 is 5.91 Å². The van der Waals surface area contributed by atoms with Gasteiger partial charge < -0.3 is 5.32 Å². The molecule has 86 valence electrons. The van der Waals surface area contributed by atoms with E-state index in [-0.39, 0.29) is 11.4 Å². The third kappa shape index (κ3) is 3.37. The van der Waals surface area contributed by atoms with Crippen LogP contribution in [0.5, 0.6) is 0 Å². The molecule has 0 aromatic heterocycles. The lowest BCUT2D eigenvalue weighted by molar-refractivity contribution is -0.123. The molecule has 0 heterocycles. The van der Waals surface area contributed by atoms with Gasteiger partial charge in [0.15, 0.2) is 0 Å². The number of rotatable bonds is 3. The van der Waals surface area contributed by atoms with Gasteiger partial charge >= 0.3 is 0 Å². The molecule has 1 N–H and O–H groups in total. The van der Waals surface area contributed by atoms with E-state index < -0.39 is 0 Å².